The second-order valence-corrected chi connectivity index (χ2v) is 13.2. The average Bonchev–Trinajstić information content (AvgIpc) is 3.28. The molecule has 2 heterocycles. The normalized spacial score (nSPS) is 11.4. The van der Waals surface area contributed by atoms with E-state index < -0.39 is 0 Å². The summed E-state index contributed by atoms with van der Waals surface area (Å²) in [4.78, 5) is 15.0. The molecular formula is C49H31N3O. The monoisotopic (exact) mass is 677 g/mol. The van der Waals surface area contributed by atoms with E-state index in [1.165, 1.54) is 10.8 Å². The van der Waals surface area contributed by atoms with Crippen LogP contribution in [0.5, 0.6) is 0 Å². The van der Waals surface area contributed by atoms with Crippen LogP contribution in [0.3, 0.4) is 0 Å². The van der Waals surface area contributed by atoms with Crippen LogP contribution in [0, 0.1) is 0 Å². The Kier molecular flexibility index (Phi) is 7.43. The highest BCUT2D eigenvalue weighted by atomic mass is 16.3. The molecule has 0 atom stereocenters. The number of aromatic nitrogens is 3. The summed E-state index contributed by atoms with van der Waals surface area (Å²) in [5.74, 6) is 1.91. The van der Waals surface area contributed by atoms with Crippen LogP contribution in [0.2, 0.25) is 0 Å². The minimum atomic E-state index is 0.624. The van der Waals surface area contributed by atoms with Crippen molar-refractivity contribution in [1.29, 1.82) is 0 Å². The van der Waals surface area contributed by atoms with E-state index in [1.54, 1.807) is 0 Å². The van der Waals surface area contributed by atoms with E-state index in [9.17, 15) is 0 Å². The quantitative estimate of drug-likeness (QED) is 0.186. The van der Waals surface area contributed by atoms with Gasteiger partial charge in [-0.15, -0.1) is 0 Å². The van der Waals surface area contributed by atoms with Gasteiger partial charge in [-0.1, -0.05) is 170 Å². The first kappa shape index (κ1) is 30.6. The highest BCUT2D eigenvalue weighted by Crippen LogP contribution is 2.35. The van der Waals surface area contributed by atoms with Gasteiger partial charge in [0.15, 0.2) is 17.5 Å². The maximum atomic E-state index is 6.85. The van der Waals surface area contributed by atoms with Gasteiger partial charge in [0.25, 0.3) is 0 Å². The molecule has 0 amide bonds. The van der Waals surface area contributed by atoms with Gasteiger partial charge in [-0.2, -0.15) is 0 Å². The molecule has 8 aromatic carbocycles. The summed E-state index contributed by atoms with van der Waals surface area (Å²) in [5, 5.41) is 9.01. The zero-order chi connectivity index (χ0) is 35.1. The Morgan fingerprint density at radius 3 is 1.45 bits per heavy atom. The third-order valence-electron chi connectivity index (χ3n) is 9.99. The number of para-hydroxylation sites is 1. The Bertz CT molecular complexity index is 3050. The van der Waals surface area contributed by atoms with E-state index in [-0.39, 0.29) is 0 Å². The van der Waals surface area contributed by atoms with Crippen LogP contribution < -0.4 is 0 Å². The number of nitrogens with zero attached hydrogens (tertiary/aromatic N) is 3. The molecule has 0 radical (unpaired) electrons. The third-order valence-corrected chi connectivity index (χ3v) is 9.99. The molecule has 10 aromatic rings. The van der Waals surface area contributed by atoms with Crippen LogP contribution in [-0.2, 0) is 0 Å². The Balaban J connectivity index is 1.13. The molecule has 0 saturated carbocycles. The van der Waals surface area contributed by atoms with Gasteiger partial charge < -0.3 is 4.42 Å². The van der Waals surface area contributed by atoms with Crippen molar-refractivity contribution < 1.29 is 4.42 Å². The van der Waals surface area contributed by atoms with Crippen molar-refractivity contribution in [3.63, 3.8) is 0 Å². The van der Waals surface area contributed by atoms with Crippen LogP contribution in [0.25, 0.3) is 99.5 Å². The molecule has 0 unspecified atom stereocenters. The van der Waals surface area contributed by atoms with E-state index in [0.717, 1.165) is 71.3 Å². The van der Waals surface area contributed by atoms with Gasteiger partial charge in [-0.25, -0.2) is 15.0 Å². The molecule has 0 aliphatic carbocycles. The molecular weight excluding hydrogens is 647 g/mol. The van der Waals surface area contributed by atoms with E-state index in [4.69, 9.17) is 19.4 Å². The smallest absolute Gasteiger partial charge is 0.164 e. The molecule has 4 nitrogen and oxygen atoms in total. The van der Waals surface area contributed by atoms with E-state index in [0.29, 0.717) is 17.5 Å². The summed E-state index contributed by atoms with van der Waals surface area (Å²) in [5.41, 5.74) is 6.59. The summed E-state index contributed by atoms with van der Waals surface area (Å²) >= 11 is 0. The fourth-order valence-corrected chi connectivity index (χ4v) is 7.39. The van der Waals surface area contributed by atoms with Crippen molar-refractivity contribution >= 4 is 54.3 Å². The summed E-state index contributed by atoms with van der Waals surface area (Å²) < 4.78 is 6.85. The minimum absolute atomic E-state index is 0.624. The summed E-state index contributed by atoms with van der Waals surface area (Å²) in [7, 11) is 0. The zero-order valence-electron chi connectivity index (χ0n) is 28.6. The SMILES string of the molecule is c1ccc(-c2nc(-c3ccc(-c4ccc5c(c4)oc4ccccc4c4ccccc4c4ccccc54)cc3)nc(-c3cccc4ccccc34)n2)cc1. The van der Waals surface area contributed by atoms with Crippen molar-refractivity contribution in [2.75, 3.05) is 0 Å². The Morgan fingerprint density at radius 1 is 0.283 bits per heavy atom. The van der Waals surface area contributed by atoms with Gasteiger partial charge in [0, 0.05) is 27.5 Å². The summed E-state index contributed by atoms with van der Waals surface area (Å²) in [6, 6.07) is 65.1. The molecule has 248 valence electrons. The molecule has 0 aliphatic rings. The van der Waals surface area contributed by atoms with Crippen molar-refractivity contribution in [1.82, 2.24) is 15.0 Å². The lowest BCUT2D eigenvalue weighted by Crippen LogP contribution is -2.00. The van der Waals surface area contributed by atoms with Crippen LogP contribution >= 0.6 is 0 Å². The van der Waals surface area contributed by atoms with Gasteiger partial charge in [0.05, 0.1) is 0 Å². The minimum Gasteiger partial charge on any atom is -0.456 e. The van der Waals surface area contributed by atoms with Crippen molar-refractivity contribution in [3.8, 4) is 45.3 Å². The molecule has 0 N–H and O–H groups in total. The molecule has 53 heavy (non-hydrogen) atoms. The van der Waals surface area contributed by atoms with Crippen LogP contribution in [0.15, 0.2) is 192 Å². The van der Waals surface area contributed by atoms with Gasteiger partial charge >= 0.3 is 0 Å². The van der Waals surface area contributed by atoms with Crippen molar-refractivity contribution in [3.05, 3.63) is 188 Å². The van der Waals surface area contributed by atoms with Gasteiger partial charge in [0.2, 0.25) is 0 Å². The van der Waals surface area contributed by atoms with Crippen LogP contribution in [0.4, 0.5) is 0 Å². The fourth-order valence-electron chi connectivity index (χ4n) is 7.39. The summed E-state index contributed by atoms with van der Waals surface area (Å²) in [6.45, 7) is 0. The van der Waals surface area contributed by atoms with Gasteiger partial charge in [-0.05, 0) is 61.6 Å². The molecule has 4 heteroatoms. The van der Waals surface area contributed by atoms with E-state index in [2.05, 4.69) is 152 Å². The second-order valence-electron chi connectivity index (χ2n) is 13.2. The molecule has 0 fully saturated rings. The maximum absolute atomic E-state index is 6.85. The zero-order valence-corrected chi connectivity index (χ0v) is 28.6. The van der Waals surface area contributed by atoms with Crippen LogP contribution in [0.1, 0.15) is 0 Å². The van der Waals surface area contributed by atoms with Gasteiger partial charge in [0.1, 0.15) is 11.2 Å². The lowest BCUT2D eigenvalue weighted by atomic mass is 9.99. The largest absolute Gasteiger partial charge is 0.456 e. The van der Waals surface area contributed by atoms with Crippen molar-refractivity contribution in [2.45, 2.75) is 0 Å². The predicted molar refractivity (Wildman–Crippen MR) is 219 cm³/mol. The first-order valence-electron chi connectivity index (χ1n) is 17.8. The van der Waals surface area contributed by atoms with Crippen LogP contribution in [-0.4, -0.2) is 15.0 Å². The van der Waals surface area contributed by atoms with E-state index >= 15 is 0 Å². The topological polar surface area (TPSA) is 51.8 Å². The number of hydrogen-bond donors (Lipinski definition) is 0. The lowest BCUT2D eigenvalue weighted by molar-refractivity contribution is 0.663. The third kappa shape index (κ3) is 5.54. The maximum Gasteiger partial charge on any atom is 0.164 e. The molecule has 0 bridgehead atoms. The fraction of sp³-hybridized carbons (Fsp3) is 0. The first-order chi connectivity index (χ1) is 26.3. The Hall–Kier alpha value is -7.17. The Morgan fingerprint density at radius 2 is 0.755 bits per heavy atom. The standard InChI is InChI=1S/C49H31N3O/c1-2-14-34(15-3-1)47-50-48(52-49(51-47)44-23-12-16-33-13-4-5-17-37(33)44)35-27-25-32(26-28-35)36-29-30-43-41-21-9-7-19-39(41)38-18-6-8-20-40(38)42-22-10-11-24-45(42)53-46(43)31-36/h1-31H. The molecule has 10 rings (SSSR count). The number of hydrogen-bond acceptors (Lipinski definition) is 4. The average molecular weight is 678 g/mol. The lowest BCUT2D eigenvalue weighted by Gasteiger charge is -2.11. The number of fused-ring (bicyclic) bond motifs is 8. The molecule has 2 aromatic heterocycles. The second kappa shape index (κ2) is 12.9. The number of benzene rings is 8. The number of rotatable bonds is 4. The highest BCUT2D eigenvalue weighted by Gasteiger charge is 2.15. The summed E-state index contributed by atoms with van der Waals surface area (Å²) in [6.07, 6.45) is 0. The highest BCUT2D eigenvalue weighted by molar-refractivity contribution is 6.18. The first-order valence-corrected chi connectivity index (χ1v) is 17.8. The van der Waals surface area contributed by atoms with E-state index in [1.807, 2.05) is 36.4 Å². The Labute approximate surface area is 306 Å². The molecule has 0 aliphatic heterocycles. The molecule has 0 spiro atoms. The van der Waals surface area contributed by atoms with Crippen molar-refractivity contribution in [2.24, 2.45) is 0 Å². The van der Waals surface area contributed by atoms with Gasteiger partial charge in [-0.3, -0.25) is 0 Å². The predicted octanol–water partition coefficient (Wildman–Crippen LogP) is 13.0. The molecule has 0 saturated heterocycles.